The van der Waals surface area contributed by atoms with Gasteiger partial charge in [0, 0.05) is 30.9 Å². The summed E-state index contributed by atoms with van der Waals surface area (Å²) in [6.45, 7) is 0.655. The summed E-state index contributed by atoms with van der Waals surface area (Å²) in [5, 5.41) is 24.0. The molecule has 0 aliphatic carbocycles. The second-order valence-electron chi connectivity index (χ2n) is 7.42. The van der Waals surface area contributed by atoms with Crippen molar-refractivity contribution < 1.29 is 27.9 Å². The van der Waals surface area contributed by atoms with Crippen LogP contribution in [-0.2, 0) is 34.0 Å². The second kappa shape index (κ2) is 7.90. The number of rotatable bonds is 4. The number of carbonyl (C=O) groups excluding carboxylic acids is 1. The first-order valence-electron chi connectivity index (χ1n) is 9.39. The molecule has 0 radical (unpaired) electrons. The molecule has 31 heavy (non-hydrogen) atoms. The number of phenolic OH excluding ortho intramolecular Hbond substituents is 2. The fourth-order valence-corrected chi connectivity index (χ4v) is 4.40. The van der Waals surface area contributed by atoms with Crippen LogP contribution in [0.25, 0.3) is 11.3 Å². The van der Waals surface area contributed by atoms with Gasteiger partial charge in [0.05, 0.1) is 34.1 Å². The molecule has 0 saturated carbocycles. The van der Waals surface area contributed by atoms with Crippen LogP contribution in [0.4, 0.5) is 0 Å². The molecule has 0 spiro atoms. The van der Waals surface area contributed by atoms with E-state index in [1.807, 2.05) is 0 Å². The topological polar surface area (TPSA) is 121 Å². The number of amides is 1. The fourth-order valence-electron chi connectivity index (χ4n) is 3.54. The van der Waals surface area contributed by atoms with Crippen LogP contribution in [0.15, 0.2) is 45.8 Å². The van der Waals surface area contributed by atoms with E-state index in [0.29, 0.717) is 29.8 Å². The van der Waals surface area contributed by atoms with Gasteiger partial charge in [0.15, 0.2) is 15.6 Å². The lowest BCUT2D eigenvalue weighted by molar-refractivity contribution is -0.131. The Morgan fingerprint density at radius 1 is 1.23 bits per heavy atom. The van der Waals surface area contributed by atoms with E-state index in [4.69, 9.17) is 16.1 Å². The number of sulfone groups is 1. The summed E-state index contributed by atoms with van der Waals surface area (Å²) < 4.78 is 29.0. The van der Waals surface area contributed by atoms with Crippen molar-refractivity contribution in [3.05, 3.63) is 58.2 Å². The number of fused-ring (bicyclic) bond motifs is 1. The van der Waals surface area contributed by atoms with Crippen LogP contribution < -0.4 is 0 Å². The Morgan fingerprint density at radius 3 is 2.74 bits per heavy atom. The van der Waals surface area contributed by atoms with Crippen LogP contribution in [0.2, 0.25) is 5.02 Å². The number of phenols is 2. The summed E-state index contributed by atoms with van der Waals surface area (Å²) >= 11 is 5.97. The van der Waals surface area contributed by atoms with Gasteiger partial charge in [-0.1, -0.05) is 28.9 Å². The average molecular weight is 463 g/mol. The Balaban J connectivity index is 1.58. The van der Waals surface area contributed by atoms with E-state index >= 15 is 0 Å². The predicted octanol–water partition coefficient (Wildman–Crippen LogP) is 2.94. The maximum Gasteiger partial charge on any atom is 0.227 e. The maximum atomic E-state index is 12.9. The first kappa shape index (κ1) is 21.2. The molecular weight excluding hydrogens is 444 g/mol. The Hall–Kier alpha value is -3.04. The Labute approximate surface area is 183 Å². The van der Waals surface area contributed by atoms with Crippen LogP contribution in [-0.4, -0.2) is 47.4 Å². The normalized spacial score (nSPS) is 13.8. The van der Waals surface area contributed by atoms with Gasteiger partial charge in [-0.3, -0.25) is 4.79 Å². The van der Waals surface area contributed by atoms with E-state index < -0.39 is 9.84 Å². The third-order valence-electron chi connectivity index (χ3n) is 5.18. The molecule has 4 rings (SSSR count). The van der Waals surface area contributed by atoms with Crippen LogP contribution in [0, 0.1) is 0 Å². The monoisotopic (exact) mass is 462 g/mol. The maximum absolute atomic E-state index is 12.9. The van der Waals surface area contributed by atoms with Gasteiger partial charge < -0.3 is 19.6 Å². The highest BCUT2D eigenvalue weighted by Gasteiger charge is 2.29. The Bertz CT molecular complexity index is 1290. The van der Waals surface area contributed by atoms with E-state index in [2.05, 4.69) is 5.16 Å². The van der Waals surface area contributed by atoms with Gasteiger partial charge in [-0.15, -0.1) is 0 Å². The number of hydrogen-bond donors (Lipinski definition) is 2. The van der Waals surface area contributed by atoms with E-state index in [0.717, 1.165) is 12.3 Å². The molecule has 162 valence electrons. The quantitative estimate of drug-likeness (QED) is 0.611. The van der Waals surface area contributed by atoms with Gasteiger partial charge in [0.2, 0.25) is 5.91 Å². The van der Waals surface area contributed by atoms with Crippen molar-refractivity contribution in [1.29, 1.82) is 0 Å². The van der Waals surface area contributed by atoms with E-state index in [-0.39, 0.29) is 51.6 Å². The van der Waals surface area contributed by atoms with Crippen molar-refractivity contribution in [2.24, 2.45) is 0 Å². The highest BCUT2D eigenvalue weighted by Crippen LogP contribution is 2.40. The van der Waals surface area contributed by atoms with Crippen molar-refractivity contribution in [3.8, 4) is 22.8 Å². The average Bonchev–Trinajstić information content (AvgIpc) is 3.13. The van der Waals surface area contributed by atoms with Crippen LogP contribution in [0.1, 0.15) is 16.8 Å². The van der Waals surface area contributed by atoms with Gasteiger partial charge in [-0.2, -0.15) is 0 Å². The predicted molar refractivity (Wildman–Crippen MR) is 113 cm³/mol. The molecule has 2 aromatic carbocycles. The first-order valence-corrected chi connectivity index (χ1v) is 11.7. The molecular formula is C21H19ClN2O6S. The number of nitrogens with zero attached hydrogens (tertiary/aromatic N) is 2. The van der Waals surface area contributed by atoms with Crippen molar-refractivity contribution >= 4 is 27.3 Å². The Kier molecular flexibility index (Phi) is 5.40. The third kappa shape index (κ3) is 4.24. The largest absolute Gasteiger partial charge is 0.507 e. The lowest BCUT2D eigenvalue weighted by Gasteiger charge is -2.26. The summed E-state index contributed by atoms with van der Waals surface area (Å²) in [4.78, 5) is 14.7. The molecule has 1 amide bonds. The number of hydrogen-bond acceptors (Lipinski definition) is 7. The minimum absolute atomic E-state index is 0.0486. The summed E-state index contributed by atoms with van der Waals surface area (Å²) in [7, 11) is -3.36. The van der Waals surface area contributed by atoms with Gasteiger partial charge in [0.25, 0.3) is 0 Å². The zero-order chi connectivity index (χ0) is 22.3. The summed E-state index contributed by atoms with van der Waals surface area (Å²) in [5.41, 5.74) is 2.21. The second-order valence-corrected chi connectivity index (χ2v) is 9.84. The molecule has 1 aromatic heterocycles. The number of aromatic nitrogens is 1. The molecule has 0 bridgehead atoms. The SMILES string of the molecule is CS(=O)(=O)c1cccc(CC(=O)N2CCc3noc(-c4cc(Cl)c(O)cc4O)c3C2)c1. The highest BCUT2D eigenvalue weighted by atomic mass is 35.5. The lowest BCUT2D eigenvalue weighted by atomic mass is 10.00. The van der Waals surface area contributed by atoms with Gasteiger partial charge in [0.1, 0.15) is 11.5 Å². The van der Waals surface area contributed by atoms with Gasteiger partial charge >= 0.3 is 0 Å². The smallest absolute Gasteiger partial charge is 0.227 e. The van der Waals surface area contributed by atoms with Gasteiger partial charge in [-0.05, 0) is 23.8 Å². The van der Waals surface area contributed by atoms with Crippen molar-refractivity contribution in [3.63, 3.8) is 0 Å². The standard InChI is InChI=1S/C21H19ClN2O6S/c1-31(28,29)13-4-2-3-12(7-13)8-20(27)24-6-5-17-15(11-24)21(30-23-17)14-9-16(22)19(26)10-18(14)25/h2-4,7,9-10,25-26H,5-6,8,11H2,1H3. The Morgan fingerprint density at radius 2 is 2.00 bits per heavy atom. The third-order valence-corrected chi connectivity index (χ3v) is 6.59. The molecule has 2 N–H and O–H groups in total. The zero-order valence-electron chi connectivity index (χ0n) is 16.5. The molecule has 10 heteroatoms. The minimum Gasteiger partial charge on any atom is -0.507 e. The highest BCUT2D eigenvalue weighted by molar-refractivity contribution is 7.90. The number of benzene rings is 2. The van der Waals surface area contributed by atoms with Crippen molar-refractivity contribution in [1.82, 2.24) is 10.1 Å². The van der Waals surface area contributed by atoms with Crippen LogP contribution in [0.5, 0.6) is 11.5 Å². The summed E-state index contributed by atoms with van der Waals surface area (Å²) in [6.07, 6.45) is 1.65. The van der Waals surface area contributed by atoms with Gasteiger partial charge in [-0.25, -0.2) is 8.42 Å². The molecule has 0 atom stereocenters. The molecule has 8 nitrogen and oxygen atoms in total. The molecule has 0 unspecified atom stereocenters. The van der Waals surface area contributed by atoms with Crippen LogP contribution >= 0.6 is 11.6 Å². The van der Waals surface area contributed by atoms with Crippen LogP contribution in [0.3, 0.4) is 0 Å². The molecule has 1 aliphatic heterocycles. The molecule has 0 saturated heterocycles. The molecule has 3 aromatic rings. The van der Waals surface area contributed by atoms with E-state index in [1.165, 1.54) is 18.2 Å². The fraction of sp³-hybridized carbons (Fsp3) is 0.238. The lowest BCUT2D eigenvalue weighted by Crippen LogP contribution is -2.36. The van der Waals surface area contributed by atoms with Crippen molar-refractivity contribution in [2.45, 2.75) is 24.3 Å². The number of halogens is 1. The molecule has 1 aliphatic rings. The first-order chi connectivity index (χ1) is 14.6. The summed E-state index contributed by atoms with van der Waals surface area (Å²) in [5.74, 6) is -0.367. The van der Waals surface area contributed by atoms with Crippen molar-refractivity contribution in [2.75, 3.05) is 12.8 Å². The number of carbonyl (C=O) groups is 1. The van der Waals surface area contributed by atoms with E-state index in [9.17, 15) is 23.4 Å². The molecule has 0 fully saturated rings. The van der Waals surface area contributed by atoms with E-state index in [1.54, 1.807) is 17.0 Å². The zero-order valence-corrected chi connectivity index (χ0v) is 18.1. The molecule has 2 heterocycles. The minimum atomic E-state index is -3.36. The summed E-state index contributed by atoms with van der Waals surface area (Å²) in [6, 6.07) is 8.82. The number of aromatic hydroxyl groups is 2.